The van der Waals surface area contributed by atoms with E-state index in [-0.39, 0.29) is 0 Å². The first kappa shape index (κ1) is 15.3. The molecule has 0 bridgehead atoms. The Morgan fingerprint density at radius 1 is 1.61 bits per heavy atom. The van der Waals surface area contributed by atoms with Crippen molar-refractivity contribution in [2.75, 3.05) is 12.8 Å². The normalized spacial score (nSPS) is 14.2. The van der Waals surface area contributed by atoms with E-state index in [1.165, 1.54) is 0 Å². The largest absolute Gasteiger partial charge is 0.480 e. The molecule has 1 rings (SSSR count). The molecule has 1 aromatic rings. The topological polar surface area (TPSA) is 62.2 Å². The lowest BCUT2D eigenvalue weighted by Crippen LogP contribution is -2.47. The van der Waals surface area contributed by atoms with Gasteiger partial charge in [0.2, 0.25) is 0 Å². The first-order chi connectivity index (χ1) is 8.48. The van der Waals surface area contributed by atoms with Crippen LogP contribution in [0.3, 0.4) is 0 Å². The molecule has 4 nitrogen and oxygen atoms in total. The molecule has 1 unspecified atom stereocenters. The van der Waals surface area contributed by atoms with Crippen molar-refractivity contribution in [3.63, 3.8) is 0 Å². The van der Waals surface area contributed by atoms with Crippen molar-refractivity contribution in [2.24, 2.45) is 0 Å². The minimum Gasteiger partial charge on any atom is -0.480 e. The van der Waals surface area contributed by atoms with Gasteiger partial charge >= 0.3 is 5.97 Å². The first-order valence-electron chi connectivity index (χ1n) is 5.64. The Morgan fingerprint density at radius 2 is 2.33 bits per heavy atom. The molecule has 0 fully saturated rings. The van der Waals surface area contributed by atoms with Crippen LogP contribution in [0.5, 0.6) is 0 Å². The number of thioether (sulfide) groups is 1. The van der Waals surface area contributed by atoms with Crippen LogP contribution < -0.4 is 5.32 Å². The number of carbonyl (C=O) groups is 1. The van der Waals surface area contributed by atoms with Crippen LogP contribution in [-0.2, 0) is 4.79 Å². The molecule has 18 heavy (non-hydrogen) atoms. The fourth-order valence-corrected chi connectivity index (χ4v) is 2.29. The van der Waals surface area contributed by atoms with Crippen molar-refractivity contribution in [1.82, 2.24) is 10.3 Å². The average molecular weight is 289 g/mol. The van der Waals surface area contributed by atoms with Crippen molar-refractivity contribution in [2.45, 2.75) is 30.3 Å². The molecular weight excluding hydrogens is 272 g/mol. The molecule has 6 heteroatoms. The highest BCUT2D eigenvalue weighted by molar-refractivity contribution is 7.99. The molecule has 0 aliphatic heterocycles. The number of halogens is 1. The second kappa shape index (κ2) is 6.97. The summed E-state index contributed by atoms with van der Waals surface area (Å²) in [6.45, 7) is 1.69. The smallest absolute Gasteiger partial charge is 0.323 e. The monoisotopic (exact) mass is 288 g/mol. The van der Waals surface area contributed by atoms with Gasteiger partial charge in [0.1, 0.15) is 5.54 Å². The van der Waals surface area contributed by atoms with Crippen molar-refractivity contribution in [3.05, 3.63) is 23.4 Å². The number of aromatic nitrogens is 1. The van der Waals surface area contributed by atoms with Gasteiger partial charge in [-0.25, -0.2) is 4.98 Å². The molecule has 0 radical (unpaired) electrons. The molecule has 0 amide bonds. The molecule has 1 aromatic heterocycles. The van der Waals surface area contributed by atoms with Gasteiger partial charge in [-0.3, -0.25) is 4.79 Å². The molecule has 0 aromatic carbocycles. The molecule has 2 N–H and O–H groups in total. The van der Waals surface area contributed by atoms with E-state index in [0.29, 0.717) is 11.4 Å². The standard InChI is InChI=1S/C12H17ClN2O2S/c1-12(14-2,11(16)17)6-3-7-18-10-5-4-9(13)8-15-10/h4-5,8,14H,3,6-7H2,1-2H3,(H,16,17). The van der Waals surface area contributed by atoms with Crippen molar-refractivity contribution >= 4 is 29.3 Å². The van der Waals surface area contributed by atoms with Gasteiger partial charge in [0.25, 0.3) is 0 Å². The zero-order valence-corrected chi connectivity index (χ0v) is 12.0. The van der Waals surface area contributed by atoms with Crippen LogP contribution in [0, 0.1) is 0 Å². The molecule has 0 saturated carbocycles. The number of pyridine rings is 1. The molecule has 0 aliphatic rings. The van der Waals surface area contributed by atoms with Gasteiger partial charge in [0.05, 0.1) is 10.0 Å². The highest BCUT2D eigenvalue weighted by Gasteiger charge is 2.30. The van der Waals surface area contributed by atoms with Gasteiger partial charge in [-0.2, -0.15) is 0 Å². The van der Waals surface area contributed by atoms with Crippen LogP contribution in [0.25, 0.3) is 0 Å². The van der Waals surface area contributed by atoms with Gasteiger partial charge in [-0.05, 0) is 44.7 Å². The van der Waals surface area contributed by atoms with Crippen LogP contribution in [0.2, 0.25) is 5.02 Å². The number of likely N-dealkylation sites (N-methyl/N-ethyl adjacent to an activating group) is 1. The second-order valence-electron chi connectivity index (χ2n) is 4.15. The van der Waals surface area contributed by atoms with Crippen LogP contribution in [0.4, 0.5) is 0 Å². The number of carboxylic acid groups (broad SMARTS) is 1. The fourth-order valence-electron chi connectivity index (χ4n) is 1.39. The summed E-state index contributed by atoms with van der Waals surface area (Å²) in [6, 6.07) is 3.66. The predicted molar refractivity (Wildman–Crippen MR) is 74.3 cm³/mol. The van der Waals surface area contributed by atoms with Gasteiger partial charge in [0, 0.05) is 6.20 Å². The van der Waals surface area contributed by atoms with Gasteiger partial charge in [-0.15, -0.1) is 11.8 Å². The number of nitrogens with one attached hydrogen (secondary N) is 1. The Balaban J connectivity index is 2.34. The fraction of sp³-hybridized carbons (Fsp3) is 0.500. The Morgan fingerprint density at radius 3 is 2.83 bits per heavy atom. The third-order valence-corrected chi connectivity index (χ3v) is 4.05. The summed E-state index contributed by atoms with van der Waals surface area (Å²) in [5.41, 5.74) is -0.853. The highest BCUT2D eigenvalue weighted by Crippen LogP contribution is 2.20. The van der Waals surface area contributed by atoms with Crippen LogP contribution in [0.15, 0.2) is 23.4 Å². The maximum absolute atomic E-state index is 11.1. The third kappa shape index (κ3) is 4.48. The molecule has 0 aliphatic carbocycles. The quantitative estimate of drug-likeness (QED) is 0.597. The number of aliphatic carboxylic acids is 1. The van der Waals surface area contributed by atoms with E-state index in [2.05, 4.69) is 10.3 Å². The van der Waals surface area contributed by atoms with Gasteiger partial charge in [-0.1, -0.05) is 11.6 Å². The zero-order valence-electron chi connectivity index (χ0n) is 10.4. The summed E-state index contributed by atoms with van der Waals surface area (Å²) in [7, 11) is 1.67. The van der Waals surface area contributed by atoms with Crippen molar-refractivity contribution in [3.8, 4) is 0 Å². The Bertz CT molecular complexity index is 400. The minimum atomic E-state index is -0.853. The van der Waals surface area contributed by atoms with E-state index in [0.717, 1.165) is 17.2 Å². The SMILES string of the molecule is CNC(C)(CCCSc1ccc(Cl)cn1)C(=O)O. The van der Waals surface area contributed by atoms with Crippen LogP contribution >= 0.6 is 23.4 Å². The second-order valence-corrected chi connectivity index (χ2v) is 5.71. The van der Waals surface area contributed by atoms with E-state index in [9.17, 15) is 4.79 Å². The lowest BCUT2D eigenvalue weighted by atomic mass is 9.97. The molecule has 1 heterocycles. The summed E-state index contributed by atoms with van der Waals surface area (Å²) < 4.78 is 0. The lowest BCUT2D eigenvalue weighted by molar-refractivity contribution is -0.144. The maximum atomic E-state index is 11.1. The number of hydrogen-bond donors (Lipinski definition) is 2. The maximum Gasteiger partial charge on any atom is 0.323 e. The highest BCUT2D eigenvalue weighted by atomic mass is 35.5. The number of hydrogen-bond acceptors (Lipinski definition) is 4. The van der Waals surface area contributed by atoms with Crippen molar-refractivity contribution < 1.29 is 9.90 Å². The van der Waals surface area contributed by atoms with Crippen LogP contribution in [0.1, 0.15) is 19.8 Å². The van der Waals surface area contributed by atoms with Crippen molar-refractivity contribution in [1.29, 1.82) is 0 Å². The Hall–Kier alpha value is -0.780. The Kier molecular flexibility index (Phi) is 5.91. The average Bonchev–Trinajstić information content (AvgIpc) is 2.36. The summed E-state index contributed by atoms with van der Waals surface area (Å²) in [5, 5.41) is 13.4. The molecular formula is C12H17ClN2O2S. The number of nitrogens with zero attached hydrogens (tertiary/aromatic N) is 1. The van der Waals surface area contributed by atoms with Gasteiger partial charge in [0.15, 0.2) is 0 Å². The lowest BCUT2D eigenvalue weighted by Gasteiger charge is -2.23. The van der Waals surface area contributed by atoms with Gasteiger partial charge < -0.3 is 10.4 Å². The van der Waals surface area contributed by atoms with Crippen LogP contribution in [-0.4, -0.2) is 34.4 Å². The summed E-state index contributed by atoms with van der Waals surface area (Å²) in [5.74, 6) is 0.0127. The first-order valence-corrected chi connectivity index (χ1v) is 7.01. The van der Waals surface area contributed by atoms with E-state index >= 15 is 0 Å². The minimum absolute atomic E-state index is 0.583. The van der Waals surface area contributed by atoms with E-state index in [4.69, 9.17) is 16.7 Å². The Labute approximate surface area is 116 Å². The summed E-state index contributed by atoms with van der Waals surface area (Å²) in [6.07, 6.45) is 3.00. The summed E-state index contributed by atoms with van der Waals surface area (Å²) in [4.78, 5) is 15.2. The predicted octanol–water partition coefficient (Wildman–Crippen LogP) is 2.67. The molecule has 1 atom stereocenters. The third-order valence-electron chi connectivity index (χ3n) is 2.80. The zero-order chi connectivity index (χ0) is 13.6. The van der Waals surface area contributed by atoms with E-state index < -0.39 is 11.5 Å². The summed E-state index contributed by atoms with van der Waals surface area (Å²) >= 11 is 7.34. The van der Waals surface area contributed by atoms with E-state index in [1.54, 1.807) is 38.0 Å². The van der Waals surface area contributed by atoms with E-state index in [1.807, 2.05) is 6.07 Å². The molecule has 100 valence electrons. The number of carboxylic acids is 1. The molecule has 0 saturated heterocycles. The molecule has 0 spiro atoms. The number of rotatable bonds is 7.